The average Bonchev–Trinajstić information content (AvgIpc) is 2.71. The molecule has 0 bridgehead atoms. The van der Waals surface area contributed by atoms with Gasteiger partial charge in [-0.1, -0.05) is 0 Å². The van der Waals surface area contributed by atoms with Crippen molar-refractivity contribution in [2.45, 2.75) is 51.1 Å². The topological polar surface area (TPSA) is 55.8 Å². The first kappa shape index (κ1) is 11.0. The number of ether oxygens (including phenoxy) is 2. The lowest BCUT2D eigenvalue weighted by Crippen LogP contribution is -2.38. The lowest BCUT2D eigenvalue weighted by Gasteiger charge is -2.23. The molecule has 3 atom stereocenters. The van der Waals surface area contributed by atoms with Gasteiger partial charge in [0.15, 0.2) is 5.79 Å². The summed E-state index contributed by atoms with van der Waals surface area (Å²) in [6.45, 7) is 4.00. The minimum absolute atomic E-state index is 0.163. The Morgan fingerprint density at radius 2 is 2.27 bits per heavy atom. The molecule has 1 N–H and O–H groups in total. The highest BCUT2D eigenvalue weighted by Gasteiger charge is 2.42. The van der Waals surface area contributed by atoms with E-state index >= 15 is 0 Å². The molecule has 4 heteroatoms. The van der Waals surface area contributed by atoms with Gasteiger partial charge in [-0.05, 0) is 26.7 Å². The van der Waals surface area contributed by atoms with Crippen LogP contribution in [0, 0.1) is 5.92 Å². The van der Waals surface area contributed by atoms with Gasteiger partial charge in [-0.2, -0.15) is 0 Å². The Hall–Kier alpha value is -0.450. The van der Waals surface area contributed by atoms with Gasteiger partial charge in [0.1, 0.15) is 11.9 Å². The molecule has 15 heavy (non-hydrogen) atoms. The fourth-order valence-electron chi connectivity index (χ4n) is 2.35. The number of hydrogen-bond donors (Lipinski definition) is 1. The van der Waals surface area contributed by atoms with Crippen molar-refractivity contribution in [3.63, 3.8) is 0 Å². The molecule has 2 fully saturated rings. The third-order valence-electron chi connectivity index (χ3n) is 3.18. The molecule has 0 radical (unpaired) electrons. The van der Waals surface area contributed by atoms with E-state index in [0.29, 0.717) is 13.0 Å². The second-order valence-corrected chi connectivity index (χ2v) is 4.82. The summed E-state index contributed by atoms with van der Waals surface area (Å²) in [5.74, 6) is -0.712. The van der Waals surface area contributed by atoms with Crippen LogP contribution in [0.4, 0.5) is 0 Å². The van der Waals surface area contributed by atoms with Crippen molar-refractivity contribution in [2.24, 2.45) is 5.92 Å². The van der Waals surface area contributed by atoms with Crippen LogP contribution in [0.3, 0.4) is 0 Å². The van der Waals surface area contributed by atoms with E-state index < -0.39 is 11.9 Å². The Morgan fingerprint density at radius 1 is 1.53 bits per heavy atom. The lowest BCUT2D eigenvalue weighted by atomic mass is 9.96. The summed E-state index contributed by atoms with van der Waals surface area (Å²) in [4.78, 5) is 11.5. The van der Waals surface area contributed by atoms with Crippen molar-refractivity contribution >= 4 is 5.78 Å². The largest absolute Gasteiger partial charge is 0.390 e. The van der Waals surface area contributed by atoms with E-state index in [2.05, 4.69) is 0 Å². The highest BCUT2D eigenvalue weighted by Crippen LogP contribution is 2.31. The Morgan fingerprint density at radius 3 is 2.73 bits per heavy atom. The van der Waals surface area contributed by atoms with E-state index in [9.17, 15) is 9.90 Å². The summed E-state index contributed by atoms with van der Waals surface area (Å²) in [6.07, 6.45) is 1.20. The number of aliphatic hydroxyl groups excluding tert-OH is 1. The average molecular weight is 214 g/mol. The first-order valence-electron chi connectivity index (χ1n) is 5.52. The fraction of sp³-hybridized carbons (Fsp3) is 0.909. The van der Waals surface area contributed by atoms with Crippen LogP contribution in [-0.2, 0) is 14.3 Å². The number of carbonyl (C=O) groups excluding carboxylic acids is 1. The van der Waals surface area contributed by atoms with Crippen molar-refractivity contribution < 1.29 is 19.4 Å². The summed E-state index contributed by atoms with van der Waals surface area (Å²) in [5, 5.41) is 10.0. The maximum atomic E-state index is 11.5. The zero-order valence-corrected chi connectivity index (χ0v) is 9.23. The molecule has 4 nitrogen and oxygen atoms in total. The van der Waals surface area contributed by atoms with Crippen LogP contribution < -0.4 is 0 Å². The molecule has 1 saturated heterocycles. The van der Waals surface area contributed by atoms with Crippen LogP contribution >= 0.6 is 0 Å². The Bertz CT molecular complexity index is 261. The summed E-state index contributed by atoms with van der Waals surface area (Å²) >= 11 is 0. The zero-order valence-electron chi connectivity index (χ0n) is 9.23. The van der Waals surface area contributed by atoms with Crippen LogP contribution in [0.2, 0.25) is 0 Å². The summed E-state index contributed by atoms with van der Waals surface area (Å²) in [6, 6.07) is 0. The van der Waals surface area contributed by atoms with Gasteiger partial charge in [0.25, 0.3) is 0 Å². The third kappa shape index (κ3) is 2.22. The van der Waals surface area contributed by atoms with E-state index in [1.54, 1.807) is 0 Å². The summed E-state index contributed by atoms with van der Waals surface area (Å²) in [7, 11) is 0. The first-order chi connectivity index (χ1) is 6.99. The van der Waals surface area contributed by atoms with Crippen molar-refractivity contribution in [1.82, 2.24) is 0 Å². The smallest absolute Gasteiger partial charge is 0.163 e. The summed E-state index contributed by atoms with van der Waals surface area (Å²) < 4.78 is 10.9. The first-order valence-corrected chi connectivity index (χ1v) is 5.52. The molecule has 2 rings (SSSR count). The Balaban J connectivity index is 1.97. The SMILES string of the molecule is CC1(C)OC[C@@H]([C@H](O)[C@H]2CCCC2=O)O1. The van der Waals surface area contributed by atoms with Gasteiger partial charge in [0, 0.05) is 12.3 Å². The van der Waals surface area contributed by atoms with Gasteiger partial charge in [0.05, 0.1) is 12.7 Å². The predicted molar refractivity (Wildman–Crippen MR) is 53.3 cm³/mol. The number of aliphatic hydroxyl groups is 1. The molecule has 1 saturated carbocycles. The van der Waals surface area contributed by atoms with Gasteiger partial charge in [0.2, 0.25) is 0 Å². The molecule has 1 heterocycles. The molecule has 0 aromatic rings. The summed E-state index contributed by atoms with van der Waals surface area (Å²) in [5.41, 5.74) is 0. The number of ketones is 1. The quantitative estimate of drug-likeness (QED) is 0.741. The minimum atomic E-state index is -0.707. The zero-order chi connectivity index (χ0) is 11.1. The molecule has 1 aliphatic heterocycles. The predicted octanol–water partition coefficient (Wildman–Crippen LogP) is 0.868. The molecule has 0 amide bonds. The number of hydrogen-bond acceptors (Lipinski definition) is 4. The monoisotopic (exact) mass is 214 g/mol. The fourth-order valence-corrected chi connectivity index (χ4v) is 2.35. The number of rotatable bonds is 2. The normalized spacial score (nSPS) is 37.1. The van der Waals surface area contributed by atoms with Gasteiger partial charge in [-0.25, -0.2) is 0 Å². The molecule has 2 aliphatic rings. The molecule has 0 aromatic carbocycles. The van der Waals surface area contributed by atoms with Crippen LogP contribution in [-0.4, -0.2) is 35.5 Å². The Kier molecular flexibility index (Phi) is 2.83. The van der Waals surface area contributed by atoms with Gasteiger partial charge < -0.3 is 14.6 Å². The minimum Gasteiger partial charge on any atom is -0.390 e. The van der Waals surface area contributed by atoms with Gasteiger partial charge in [-0.15, -0.1) is 0 Å². The molecule has 86 valence electrons. The highest BCUT2D eigenvalue weighted by molar-refractivity contribution is 5.83. The highest BCUT2D eigenvalue weighted by atomic mass is 16.7. The van der Waals surface area contributed by atoms with Gasteiger partial charge in [-0.3, -0.25) is 4.79 Å². The lowest BCUT2D eigenvalue weighted by molar-refractivity contribution is -0.157. The maximum absolute atomic E-state index is 11.5. The van der Waals surface area contributed by atoms with Crippen LogP contribution in [0.5, 0.6) is 0 Å². The van der Waals surface area contributed by atoms with Crippen LogP contribution in [0.15, 0.2) is 0 Å². The third-order valence-corrected chi connectivity index (χ3v) is 3.18. The van der Waals surface area contributed by atoms with Crippen molar-refractivity contribution in [3.8, 4) is 0 Å². The van der Waals surface area contributed by atoms with Crippen LogP contribution in [0.1, 0.15) is 33.1 Å². The van der Waals surface area contributed by atoms with Crippen molar-refractivity contribution in [1.29, 1.82) is 0 Å². The molecule has 0 aromatic heterocycles. The Labute approximate surface area is 89.6 Å². The maximum Gasteiger partial charge on any atom is 0.163 e. The number of carbonyl (C=O) groups is 1. The number of Topliss-reactive ketones (excluding diaryl/α,β-unsaturated/α-hetero) is 1. The van der Waals surface area contributed by atoms with Gasteiger partial charge >= 0.3 is 0 Å². The van der Waals surface area contributed by atoms with Crippen molar-refractivity contribution in [3.05, 3.63) is 0 Å². The molecule has 1 aliphatic carbocycles. The standard InChI is InChI=1S/C11H18O4/c1-11(2)14-6-9(15-11)10(13)7-4-3-5-8(7)12/h7,9-10,13H,3-6H2,1-2H3/t7-,9-,10+/m0/s1. The van der Waals surface area contributed by atoms with Crippen molar-refractivity contribution in [2.75, 3.05) is 6.61 Å². The van der Waals surface area contributed by atoms with Crippen LogP contribution in [0.25, 0.3) is 0 Å². The molecular weight excluding hydrogens is 196 g/mol. The molecular formula is C11H18O4. The second kappa shape index (κ2) is 3.85. The second-order valence-electron chi connectivity index (χ2n) is 4.82. The van der Waals surface area contributed by atoms with E-state index in [1.165, 1.54) is 0 Å². The van der Waals surface area contributed by atoms with E-state index in [1.807, 2.05) is 13.8 Å². The molecule has 0 unspecified atom stereocenters. The van der Waals surface area contributed by atoms with E-state index in [4.69, 9.17) is 9.47 Å². The van der Waals surface area contributed by atoms with E-state index in [-0.39, 0.29) is 17.8 Å². The molecule has 0 spiro atoms. The van der Waals surface area contributed by atoms with E-state index in [0.717, 1.165) is 12.8 Å².